The molecule has 0 fully saturated rings. The van der Waals surface area contributed by atoms with E-state index in [2.05, 4.69) is 5.10 Å². The van der Waals surface area contributed by atoms with E-state index in [1.165, 1.54) is 13.1 Å². The van der Waals surface area contributed by atoms with Gasteiger partial charge in [-0.3, -0.25) is 4.79 Å². The zero-order valence-electron chi connectivity index (χ0n) is 9.08. The third-order valence-electron chi connectivity index (χ3n) is 2.28. The lowest BCUT2D eigenvalue weighted by molar-refractivity contribution is 0.0693. The summed E-state index contributed by atoms with van der Waals surface area (Å²) in [5, 5.41) is 14.9. The van der Waals surface area contributed by atoms with E-state index in [-0.39, 0.29) is 5.56 Å². The van der Waals surface area contributed by atoms with Crippen LogP contribution in [0.3, 0.4) is 0 Å². The van der Waals surface area contributed by atoms with Gasteiger partial charge in [0.25, 0.3) is 5.56 Å². The van der Waals surface area contributed by atoms with Crippen molar-refractivity contribution >= 4 is 17.3 Å². The summed E-state index contributed by atoms with van der Waals surface area (Å²) < 4.78 is 1.06. The predicted molar refractivity (Wildman–Crippen MR) is 63.6 cm³/mol. The molecule has 6 heteroatoms. The van der Waals surface area contributed by atoms with Gasteiger partial charge in [-0.2, -0.15) is 5.10 Å². The van der Waals surface area contributed by atoms with Crippen LogP contribution in [0.5, 0.6) is 0 Å². The molecule has 0 aromatic carbocycles. The van der Waals surface area contributed by atoms with Gasteiger partial charge in [-0.1, -0.05) is 6.07 Å². The highest BCUT2D eigenvalue weighted by molar-refractivity contribution is 7.09. The van der Waals surface area contributed by atoms with Crippen LogP contribution in [-0.4, -0.2) is 20.9 Å². The lowest BCUT2D eigenvalue weighted by atomic mass is 10.2. The Morgan fingerprint density at radius 1 is 1.59 bits per heavy atom. The minimum absolute atomic E-state index is 0.242. The number of aryl methyl sites for hydroxylation is 1. The first-order valence-corrected chi connectivity index (χ1v) is 5.79. The van der Waals surface area contributed by atoms with Crippen LogP contribution in [0.15, 0.2) is 28.4 Å². The van der Waals surface area contributed by atoms with E-state index in [9.17, 15) is 9.59 Å². The average Bonchev–Trinajstić information content (AvgIpc) is 2.75. The molecule has 0 atom stereocenters. The average molecular weight is 250 g/mol. The third kappa shape index (κ3) is 2.42. The Balaban J connectivity index is 2.43. The van der Waals surface area contributed by atoms with Gasteiger partial charge in [0.05, 0.1) is 5.69 Å². The molecule has 0 saturated heterocycles. The summed E-state index contributed by atoms with van der Waals surface area (Å²) in [6.07, 6.45) is 0.534. The maximum atomic E-state index is 11.5. The first-order chi connectivity index (χ1) is 8.08. The second-order valence-corrected chi connectivity index (χ2v) is 4.57. The number of thiophene rings is 1. The van der Waals surface area contributed by atoms with Gasteiger partial charge in [0.15, 0.2) is 0 Å². The second kappa shape index (κ2) is 4.50. The zero-order chi connectivity index (χ0) is 12.4. The molecule has 0 saturated carbocycles. The maximum absolute atomic E-state index is 11.5. The highest BCUT2D eigenvalue weighted by atomic mass is 32.1. The van der Waals surface area contributed by atoms with Gasteiger partial charge in [-0.25, -0.2) is 9.48 Å². The number of aromatic carboxylic acids is 1. The van der Waals surface area contributed by atoms with E-state index in [1.54, 1.807) is 11.3 Å². The van der Waals surface area contributed by atoms with Crippen molar-refractivity contribution in [2.24, 2.45) is 7.05 Å². The van der Waals surface area contributed by atoms with Crippen LogP contribution in [0.25, 0.3) is 0 Å². The highest BCUT2D eigenvalue weighted by Gasteiger charge is 2.13. The Bertz CT molecular complexity index is 602. The van der Waals surface area contributed by atoms with Gasteiger partial charge >= 0.3 is 5.97 Å². The fourth-order valence-corrected chi connectivity index (χ4v) is 2.22. The molecule has 0 amide bonds. The number of nitrogens with zero attached hydrogens (tertiary/aromatic N) is 2. The van der Waals surface area contributed by atoms with E-state index in [0.717, 1.165) is 9.56 Å². The molecule has 0 bridgehead atoms. The molecular formula is C11H10N2O3S. The lowest BCUT2D eigenvalue weighted by Gasteiger charge is -2.03. The normalized spacial score (nSPS) is 10.4. The zero-order valence-corrected chi connectivity index (χ0v) is 9.90. The summed E-state index contributed by atoms with van der Waals surface area (Å²) in [7, 11) is 1.45. The molecule has 5 nitrogen and oxygen atoms in total. The lowest BCUT2D eigenvalue weighted by Crippen LogP contribution is -2.27. The fraction of sp³-hybridized carbons (Fsp3) is 0.182. The molecule has 1 N–H and O–H groups in total. The minimum atomic E-state index is -1.22. The number of hydrogen-bond donors (Lipinski definition) is 1. The van der Waals surface area contributed by atoms with E-state index in [0.29, 0.717) is 12.1 Å². The van der Waals surface area contributed by atoms with Crippen molar-refractivity contribution in [2.45, 2.75) is 6.42 Å². The van der Waals surface area contributed by atoms with Gasteiger partial charge in [-0.05, 0) is 17.5 Å². The van der Waals surface area contributed by atoms with Crippen LogP contribution in [0.1, 0.15) is 20.9 Å². The van der Waals surface area contributed by atoms with Gasteiger partial charge in [0.2, 0.25) is 0 Å². The number of carbonyl (C=O) groups is 1. The van der Waals surface area contributed by atoms with Crippen molar-refractivity contribution in [3.8, 4) is 0 Å². The predicted octanol–water partition coefficient (Wildman–Crippen LogP) is 1.13. The largest absolute Gasteiger partial charge is 0.477 e. The summed E-state index contributed by atoms with van der Waals surface area (Å²) in [5.74, 6) is -1.22. The summed E-state index contributed by atoms with van der Waals surface area (Å²) in [6, 6.07) is 5.20. The van der Waals surface area contributed by atoms with Crippen molar-refractivity contribution in [3.63, 3.8) is 0 Å². The Morgan fingerprint density at radius 3 is 2.94 bits per heavy atom. The Kier molecular flexibility index (Phi) is 3.06. The van der Waals surface area contributed by atoms with Gasteiger partial charge < -0.3 is 5.11 Å². The molecule has 0 unspecified atom stereocenters. The molecule has 2 heterocycles. The topological polar surface area (TPSA) is 72.2 Å². The molecule has 0 aliphatic heterocycles. The van der Waals surface area contributed by atoms with E-state index in [4.69, 9.17) is 5.11 Å². The molecule has 0 aliphatic carbocycles. The molecule has 2 rings (SSSR count). The standard InChI is InChI=1S/C11H10N2O3S/c1-13-10(14)9(11(15)16)6-7(12-13)5-8-3-2-4-17-8/h2-4,6H,5H2,1H3,(H,15,16). The molecule has 0 spiro atoms. The van der Waals surface area contributed by atoms with E-state index >= 15 is 0 Å². The Morgan fingerprint density at radius 2 is 2.35 bits per heavy atom. The Hall–Kier alpha value is -1.95. The molecule has 2 aromatic rings. The number of carboxylic acid groups (broad SMARTS) is 1. The van der Waals surface area contributed by atoms with Crippen molar-refractivity contribution in [1.29, 1.82) is 0 Å². The SMILES string of the molecule is Cn1nc(Cc2cccs2)cc(C(=O)O)c1=O. The van der Waals surface area contributed by atoms with Crippen molar-refractivity contribution < 1.29 is 9.90 Å². The molecular weight excluding hydrogens is 240 g/mol. The van der Waals surface area contributed by atoms with Crippen LogP contribution < -0.4 is 5.56 Å². The molecule has 2 aromatic heterocycles. The van der Waals surface area contributed by atoms with Crippen LogP contribution >= 0.6 is 11.3 Å². The molecule has 0 radical (unpaired) electrons. The Labute approximate surface area is 101 Å². The van der Waals surface area contributed by atoms with Gasteiger partial charge in [-0.15, -0.1) is 11.3 Å². The summed E-state index contributed by atoms with van der Waals surface area (Å²) in [4.78, 5) is 23.5. The van der Waals surface area contributed by atoms with Gasteiger partial charge in [0, 0.05) is 18.3 Å². The van der Waals surface area contributed by atoms with Crippen molar-refractivity contribution in [2.75, 3.05) is 0 Å². The first-order valence-electron chi connectivity index (χ1n) is 4.91. The smallest absolute Gasteiger partial charge is 0.341 e. The number of hydrogen-bond acceptors (Lipinski definition) is 4. The van der Waals surface area contributed by atoms with E-state index < -0.39 is 11.5 Å². The second-order valence-electron chi connectivity index (χ2n) is 3.54. The van der Waals surface area contributed by atoms with Crippen LogP contribution in [0, 0.1) is 0 Å². The van der Waals surface area contributed by atoms with Crippen LogP contribution in [0.2, 0.25) is 0 Å². The molecule has 0 aliphatic rings. The van der Waals surface area contributed by atoms with Crippen LogP contribution in [-0.2, 0) is 13.5 Å². The summed E-state index contributed by atoms with van der Waals surface area (Å²) in [5.41, 5.74) is -0.256. The number of aromatic nitrogens is 2. The first kappa shape index (κ1) is 11.5. The summed E-state index contributed by atoms with van der Waals surface area (Å²) >= 11 is 1.57. The van der Waals surface area contributed by atoms with Crippen molar-refractivity contribution in [1.82, 2.24) is 9.78 Å². The molecule has 17 heavy (non-hydrogen) atoms. The highest BCUT2D eigenvalue weighted by Crippen LogP contribution is 2.13. The monoisotopic (exact) mass is 250 g/mol. The van der Waals surface area contributed by atoms with Gasteiger partial charge in [0.1, 0.15) is 5.56 Å². The van der Waals surface area contributed by atoms with Crippen LogP contribution in [0.4, 0.5) is 0 Å². The van der Waals surface area contributed by atoms with E-state index in [1.807, 2.05) is 17.5 Å². The number of carboxylic acids is 1. The van der Waals surface area contributed by atoms with Crippen molar-refractivity contribution in [3.05, 3.63) is 50.1 Å². The summed E-state index contributed by atoms with van der Waals surface area (Å²) in [6.45, 7) is 0. The maximum Gasteiger partial charge on any atom is 0.341 e. The fourth-order valence-electron chi connectivity index (χ4n) is 1.50. The minimum Gasteiger partial charge on any atom is -0.477 e. The third-order valence-corrected chi connectivity index (χ3v) is 3.16. The number of rotatable bonds is 3. The molecule has 88 valence electrons. The quantitative estimate of drug-likeness (QED) is 0.886.